The maximum atomic E-state index is 13.7. The molecule has 4 rings (SSSR count). The van der Waals surface area contributed by atoms with Gasteiger partial charge in [-0.25, -0.2) is 13.6 Å². The molecule has 0 aliphatic carbocycles. The second-order valence-corrected chi connectivity index (χ2v) is 8.72. The van der Waals surface area contributed by atoms with Gasteiger partial charge >= 0.3 is 5.69 Å². The van der Waals surface area contributed by atoms with Crippen LogP contribution in [0.15, 0.2) is 46.0 Å². The lowest BCUT2D eigenvalue weighted by Crippen LogP contribution is -2.44. The van der Waals surface area contributed by atoms with Gasteiger partial charge in [-0.2, -0.15) is 0 Å². The van der Waals surface area contributed by atoms with Crippen LogP contribution in [-0.2, 0) is 11.3 Å². The van der Waals surface area contributed by atoms with E-state index >= 15 is 0 Å². The Bertz CT molecular complexity index is 1380. The third-order valence-electron chi connectivity index (χ3n) is 6.40. The Labute approximate surface area is 211 Å². The van der Waals surface area contributed by atoms with Crippen molar-refractivity contribution in [3.63, 3.8) is 0 Å². The molecule has 0 spiro atoms. The average Bonchev–Trinajstić information content (AvgIpc) is 2.90. The highest BCUT2D eigenvalue weighted by Crippen LogP contribution is 2.29. The van der Waals surface area contributed by atoms with Crippen LogP contribution < -0.4 is 25.5 Å². The van der Waals surface area contributed by atoms with Crippen LogP contribution in [0, 0.1) is 0 Å². The fourth-order valence-corrected chi connectivity index (χ4v) is 4.62. The monoisotopic (exact) mass is 517 g/mol. The largest absolute Gasteiger partial charge is 0.493 e. The topological polar surface area (TPSA) is 92.0 Å². The van der Waals surface area contributed by atoms with Gasteiger partial charge in [-0.1, -0.05) is 6.07 Å². The van der Waals surface area contributed by atoms with Crippen molar-refractivity contribution in [1.82, 2.24) is 14.0 Å². The fraction of sp³-hybridized carbons (Fsp3) is 0.423. The molecular weight excluding hydrogens is 488 g/mol. The third-order valence-corrected chi connectivity index (χ3v) is 6.40. The summed E-state index contributed by atoms with van der Waals surface area (Å²) in [4.78, 5) is 40.1. The molecule has 2 heterocycles. The molecule has 11 heteroatoms. The summed E-state index contributed by atoms with van der Waals surface area (Å²) < 4.78 is 44.2. The van der Waals surface area contributed by atoms with E-state index in [1.807, 2.05) is 6.92 Å². The van der Waals surface area contributed by atoms with E-state index in [1.54, 1.807) is 33.7 Å². The predicted octanol–water partition coefficient (Wildman–Crippen LogP) is 3.06. The third kappa shape index (κ3) is 5.60. The maximum absolute atomic E-state index is 13.7. The van der Waals surface area contributed by atoms with Gasteiger partial charge in [0.1, 0.15) is 12.4 Å². The number of nitrogens with zero attached hydrogens (tertiary/aromatic N) is 3. The van der Waals surface area contributed by atoms with Crippen LogP contribution in [-0.4, -0.2) is 60.3 Å². The molecule has 0 N–H and O–H groups in total. The Kier molecular flexibility index (Phi) is 8.10. The summed E-state index contributed by atoms with van der Waals surface area (Å²) in [5, 5.41) is 0.183. The molecule has 0 unspecified atom stereocenters. The smallest absolute Gasteiger partial charge is 0.332 e. The van der Waals surface area contributed by atoms with Gasteiger partial charge in [0.2, 0.25) is 6.41 Å². The lowest BCUT2D eigenvalue weighted by atomic mass is 10.0. The first-order valence-corrected chi connectivity index (χ1v) is 12.0. The van der Waals surface area contributed by atoms with Crippen molar-refractivity contribution in [3.05, 3.63) is 62.8 Å². The fourth-order valence-electron chi connectivity index (χ4n) is 4.62. The summed E-state index contributed by atoms with van der Waals surface area (Å²) in [6.07, 6.45) is -0.817. The minimum absolute atomic E-state index is 0.0347. The Morgan fingerprint density at radius 2 is 1.81 bits per heavy atom. The van der Waals surface area contributed by atoms with Crippen molar-refractivity contribution in [1.29, 1.82) is 0 Å². The number of likely N-dealkylation sites (tertiary alicyclic amines) is 1. The Morgan fingerprint density at radius 3 is 2.46 bits per heavy atom. The number of amides is 1. The van der Waals surface area contributed by atoms with Crippen LogP contribution in [0.1, 0.15) is 31.4 Å². The zero-order valence-electron chi connectivity index (χ0n) is 20.7. The molecule has 0 saturated carbocycles. The first kappa shape index (κ1) is 26.2. The number of fused-ring (bicyclic) bond motifs is 1. The van der Waals surface area contributed by atoms with Gasteiger partial charge in [-0.15, -0.1) is 0 Å². The standard InChI is InChI=1S/C26H29F2N3O6/c1-3-36-23-12-17(4-7-22(23)35-2)14-30-25(33)20-13-19(37-15-24(27)28)5-6-21(20)31(26(30)34)18-8-10-29(16-32)11-9-18/h4-7,12-13,16,18,24H,3,8-11,14-15H2,1-2H3. The molecule has 37 heavy (non-hydrogen) atoms. The number of ether oxygens (including phenoxy) is 3. The Hall–Kier alpha value is -3.89. The number of hydrogen-bond acceptors (Lipinski definition) is 6. The molecule has 0 radical (unpaired) electrons. The molecule has 0 atom stereocenters. The number of hydrogen-bond donors (Lipinski definition) is 0. The Balaban J connectivity index is 1.83. The highest BCUT2D eigenvalue weighted by Gasteiger charge is 2.25. The van der Waals surface area contributed by atoms with E-state index in [2.05, 4.69) is 0 Å². The van der Waals surface area contributed by atoms with E-state index in [0.717, 1.165) is 11.0 Å². The number of aromatic nitrogens is 2. The predicted molar refractivity (Wildman–Crippen MR) is 133 cm³/mol. The molecule has 1 amide bonds. The summed E-state index contributed by atoms with van der Waals surface area (Å²) in [5.74, 6) is 1.12. The van der Waals surface area contributed by atoms with Crippen LogP contribution >= 0.6 is 0 Å². The van der Waals surface area contributed by atoms with Gasteiger partial charge in [0.05, 0.1) is 31.2 Å². The van der Waals surface area contributed by atoms with Crippen molar-refractivity contribution in [2.24, 2.45) is 0 Å². The number of methoxy groups -OCH3 is 1. The first-order valence-electron chi connectivity index (χ1n) is 12.0. The van der Waals surface area contributed by atoms with Crippen LogP contribution in [0.4, 0.5) is 8.78 Å². The lowest BCUT2D eigenvalue weighted by Gasteiger charge is -2.31. The highest BCUT2D eigenvalue weighted by atomic mass is 19.3. The molecule has 1 aliphatic rings. The molecule has 1 fully saturated rings. The number of carbonyl (C=O) groups excluding carboxylic acids is 1. The van der Waals surface area contributed by atoms with Gasteiger partial charge in [-0.3, -0.25) is 18.7 Å². The molecule has 9 nitrogen and oxygen atoms in total. The second-order valence-electron chi connectivity index (χ2n) is 8.72. The molecule has 3 aromatic rings. The molecule has 1 aliphatic heterocycles. The average molecular weight is 518 g/mol. The van der Waals surface area contributed by atoms with Gasteiger partial charge < -0.3 is 19.1 Å². The van der Waals surface area contributed by atoms with Crippen LogP contribution in [0.3, 0.4) is 0 Å². The number of piperidine rings is 1. The van der Waals surface area contributed by atoms with Crippen molar-refractivity contribution < 1.29 is 27.8 Å². The van der Waals surface area contributed by atoms with E-state index in [1.165, 1.54) is 19.2 Å². The zero-order chi connectivity index (χ0) is 26.5. The highest BCUT2D eigenvalue weighted by molar-refractivity contribution is 5.80. The summed E-state index contributed by atoms with van der Waals surface area (Å²) in [7, 11) is 1.52. The van der Waals surface area contributed by atoms with E-state index in [9.17, 15) is 23.2 Å². The summed E-state index contributed by atoms with van der Waals surface area (Å²) in [6, 6.07) is 9.34. The van der Waals surface area contributed by atoms with Crippen LogP contribution in [0.25, 0.3) is 10.9 Å². The van der Waals surface area contributed by atoms with Crippen molar-refractivity contribution in [2.75, 3.05) is 33.4 Å². The minimum Gasteiger partial charge on any atom is -0.493 e. The molecule has 0 bridgehead atoms. The van der Waals surface area contributed by atoms with Gasteiger partial charge in [0.25, 0.3) is 12.0 Å². The lowest BCUT2D eigenvalue weighted by molar-refractivity contribution is -0.119. The maximum Gasteiger partial charge on any atom is 0.332 e. The number of carbonyl (C=O) groups is 1. The SMILES string of the molecule is CCOc1cc(Cn2c(=O)c3cc(OCC(F)F)ccc3n(C3CCN(C=O)CC3)c2=O)ccc1OC. The van der Waals surface area contributed by atoms with E-state index < -0.39 is 24.3 Å². The minimum atomic E-state index is -2.67. The quantitative estimate of drug-likeness (QED) is 0.384. The normalized spacial score (nSPS) is 14.2. The van der Waals surface area contributed by atoms with E-state index in [-0.39, 0.29) is 23.7 Å². The second kappa shape index (κ2) is 11.4. The molecule has 1 aromatic heterocycles. The van der Waals surface area contributed by atoms with Crippen LogP contribution in [0.5, 0.6) is 17.2 Å². The number of benzene rings is 2. The number of halogens is 2. The van der Waals surface area contributed by atoms with Crippen molar-refractivity contribution >= 4 is 17.3 Å². The van der Waals surface area contributed by atoms with Gasteiger partial charge in [-0.05, 0) is 55.7 Å². The van der Waals surface area contributed by atoms with Gasteiger partial charge in [0.15, 0.2) is 11.5 Å². The molecular formula is C26H29F2N3O6. The number of rotatable bonds is 10. The molecule has 2 aromatic carbocycles. The summed E-state index contributed by atoms with van der Waals surface area (Å²) in [6.45, 7) is 2.36. The molecule has 198 valence electrons. The summed E-state index contributed by atoms with van der Waals surface area (Å²) in [5.41, 5.74) is -0.00454. The Morgan fingerprint density at radius 1 is 1.05 bits per heavy atom. The zero-order valence-corrected chi connectivity index (χ0v) is 20.7. The molecule has 1 saturated heterocycles. The number of alkyl halides is 2. The van der Waals surface area contributed by atoms with Crippen LogP contribution in [0.2, 0.25) is 0 Å². The van der Waals surface area contributed by atoms with E-state index in [4.69, 9.17) is 14.2 Å². The van der Waals surface area contributed by atoms with E-state index in [0.29, 0.717) is 55.1 Å². The van der Waals surface area contributed by atoms with Crippen molar-refractivity contribution in [3.8, 4) is 17.2 Å². The summed E-state index contributed by atoms with van der Waals surface area (Å²) >= 11 is 0. The first-order chi connectivity index (χ1) is 17.9. The van der Waals surface area contributed by atoms with Crippen molar-refractivity contribution in [2.45, 2.75) is 38.8 Å². The van der Waals surface area contributed by atoms with Gasteiger partial charge in [0, 0.05) is 19.1 Å².